The lowest BCUT2D eigenvalue weighted by molar-refractivity contribution is -0.127. The Balaban J connectivity index is -0.00000152. The van der Waals surface area contributed by atoms with Crippen molar-refractivity contribution >= 4 is 0 Å². The zero-order valence-electron chi connectivity index (χ0n) is 36.4. The van der Waals surface area contributed by atoms with E-state index >= 15 is 0 Å². The molecule has 0 aromatic rings. The number of nitrogens with zero attached hydrogens (tertiary/aromatic N) is 1. The first-order chi connectivity index (χ1) is 23.1. The van der Waals surface area contributed by atoms with Crippen molar-refractivity contribution < 1.29 is 0 Å². The summed E-state index contributed by atoms with van der Waals surface area (Å²) in [5.74, 6) is 7.14. The number of allylic oxidation sites excluding steroid dienone is 2. The number of hydrogen-bond acceptors (Lipinski definition) is 1. The Morgan fingerprint density at radius 1 is 0.750 bits per heavy atom. The number of terminal acetylenes is 1. The van der Waals surface area contributed by atoms with Gasteiger partial charge >= 0.3 is 0 Å². The van der Waals surface area contributed by atoms with Gasteiger partial charge in [0, 0.05) is 26.2 Å². The molecule has 4 aliphatic carbocycles. The summed E-state index contributed by atoms with van der Waals surface area (Å²) in [7, 11) is 2.17. The van der Waals surface area contributed by atoms with Crippen LogP contribution in [0.5, 0.6) is 0 Å². The summed E-state index contributed by atoms with van der Waals surface area (Å²) < 4.78 is 0. The summed E-state index contributed by atoms with van der Waals surface area (Å²) in [5.41, 5.74) is 4.14. The fourth-order valence-corrected chi connectivity index (χ4v) is 9.88. The van der Waals surface area contributed by atoms with E-state index in [4.69, 9.17) is 13.0 Å². The molecular formula is C47H91N. The van der Waals surface area contributed by atoms with Crippen LogP contribution in [0, 0.1) is 58.2 Å². The largest absolute Gasteiger partial charge is 0.376 e. The molecule has 0 spiro atoms. The average Bonchev–Trinajstić information content (AvgIpc) is 3.28. The van der Waals surface area contributed by atoms with E-state index in [0.29, 0.717) is 28.6 Å². The molecule has 0 amide bonds. The summed E-state index contributed by atoms with van der Waals surface area (Å²) in [6.07, 6.45) is 27.5. The molecule has 4 rings (SSSR count). The second-order valence-electron chi connectivity index (χ2n) is 14.3. The minimum atomic E-state index is 0.424. The van der Waals surface area contributed by atoms with Crippen LogP contribution in [0.15, 0.2) is 36.6 Å². The van der Waals surface area contributed by atoms with Gasteiger partial charge in [0.25, 0.3) is 0 Å². The molecule has 1 nitrogen and oxygen atoms in total. The highest BCUT2D eigenvalue weighted by atomic mass is 15.1. The van der Waals surface area contributed by atoms with E-state index in [9.17, 15) is 0 Å². The van der Waals surface area contributed by atoms with Crippen molar-refractivity contribution in [1.29, 1.82) is 0 Å². The molecule has 0 radical (unpaired) electrons. The van der Waals surface area contributed by atoms with Gasteiger partial charge in [-0.25, -0.2) is 0 Å². The standard InChI is InChI=1S/C35H55N.6C2H6/c1-9-13-27(10-2)25-36(8)24-26(4)30-14-12-15-31-29-17-16-28-18-20-33(5,11-3)22-23-34(28,6)32(29)19-21-35(30,31)7;6*1-2/h1,10,25,28-32H,2,4,11-24H2,3,5-8H3;6*1-2H3/b27-25+;;;;;;/t28?,29?,30?,31?,32?,33-,34?,35?;;;;;;/m1....../s1. The molecule has 0 N–H and O–H groups in total. The molecule has 284 valence electrons. The fraction of sp³-hybridized carbons (Fsp3) is 0.830. The van der Waals surface area contributed by atoms with Crippen molar-refractivity contribution in [3.05, 3.63) is 36.6 Å². The van der Waals surface area contributed by atoms with Crippen molar-refractivity contribution in [3.8, 4) is 12.3 Å². The highest BCUT2D eigenvalue weighted by Gasteiger charge is 2.59. The summed E-state index contributed by atoms with van der Waals surface area (Å²) in [4.78, 5) is 2.29. The van der Waals surface area contributed by atoms with Crippen LogP contribution >= 0.6 is 0 Å². The monoisotopic (exact) mass is 670 g/mol. The minimum absolute atomic E-state index is 0.424. The quantitative estimate of drug-likeness (QED) is 0.148. The van der Waals surface area contributed by atoms with Crippen LogP contribution in [0.4, 0.5) is 0 Å². The predicted octanol–water partition coefficient (Wildman–Crippen LogP) is 15.6. The van der Waals surface area contributed by atoms with Gasteiger partial charge in [-0.3, -0.25) is 0 Å². The molecule has 0 heterocycles. The van der Waals surface area contributed by atoms with Crippen LogP contribution in [0.1, 0.15) is 194 Å². The maximum absolute atomic E-state index is 5.55. The number of fused-ring (bicyclic) bond motifs is 5. The number of likely N-dealkylation sites (N-methyl/N-ethyl adjacent to an activating group) is 1. The molecule has 0 aromatic heterocycles. The van der Waals surface area contributed by atoms with Gasteiger partial charge in [0.1, 0.15) is 0 Å². The minimum Gasteiger partial charge on any atom is -0.376 e. The second kappa shape index (κ2) is 27.3. The molecule has 0 saturated heterocycles. The van der Waals surface area contributed by atoms with Gasteiger partial charge in [-0.2, -0.15) is 0 Å². The molecule has 4 saturated carbocycles. The summed E-state index contributed by atoms with van der Waals surface area (Å²) in [5, 5.41) is 0. The number of hydrogen-bond donors (Lipinski definition) is 0. The maximum Gasteiger partial charge on any atom is 0.0380 e. The first-order valence-electron chi connectivity index (χ1n) is 21.2. The molecule has 0 aromatic carbocycles. The average molecular weight is 670 g/mol. The number of rotatable bonds is 7. The molecule has 0 aliphatic heterocycles. The first-order valence-corrected chi connectivity index (χ1v) is 21.2. The summed E-state index contributed by atoms with van der Waals surface area (Å²) in [6, 6.07) is 0. The third-order valence-corrected chi connectivity index (χ3v) is 12.4. The zero-order valence-corrected chi connectivity index (χ0v) is 36.4. The van der Waals surface area contributed by atoms with Crippen LogP contribution in [0.3, 0.4) is 0 Å². The molecule has 7 unspecified atom stereocenters. The van der Waals surface area contributed by atoms with Crippen LogP contribution in [0.25, 0.3) is 0 Å². The lowest BCUT2D eigenvalue weighted by Crippen LogP contribution is -2.55. The van der Waals surface area contributed by atoms with Gasteiger partial charge in [-0.15, -0.1) is 12.3 Å². The molecule has 4 fully saturated rings. The van der Waals surface area contributed by atoms with Crippen LogP contribution in [-0.4, -0.2) is 18.5 Å². The molecule has 8 atom stereocenters. The van der Waals surface area contributed by atoms with E-state index in [1.165, 1.54) is 82.6 Å². The van der Waals surface area contributed by atoms with Crippen molar-refractivity contribution in [2.24, 2.45) is 45.8 Å². The third-order valence-electron chi connectivity index (χ3n) is 12.4. The molecule has 48 heavy (non-hydrogen) atoms. The third kappa shape index (κ3) is 13.0. The van der Waals surface area contributed by atoms with Gasteiger partial charge in [-0.1, -0.05) is 148 Å². The van der Waals surface area contributed by atoms with E-state index < -0.39 is 0 Å². The molecule has 0 bridgehead atoms. The lowest BCUT2D eigenvalue weighted by atomic mass is 9.42. The van der Waals surface area contributed by atoms with Crippen LogP contribution < -0.4 is 0 Å². The second-order valence-corrected chi connectivity index (χ2v) is 14.3. The van der Waals surface area contributed by atoms with Crippen LogP contribution in [-0.2, 0) is 0 Å². The van der Waals surface area contributed by atoms with Gasteiger partial charge in [0.2, 0.25) is 0 Å². The van der Waals surface area contributed by atoms with Gasteiger partial charge in [-0.05, 0) is 116 Å². The molecular weight excluding hydrogens is 579 g/mol. The van der Waals surface area contributed by atoms with Gasteiger partial charge in [0.05, 0.1) is 0 Å². The maximum atomic E-state index is 5.55. The normalized spacial score (nSPS) is 32.8. The Morgan fingerprint density at radius 3 is 1.83 bits per heavy atom. The Kier molecular flexibility index (Phi) is 29.0. The Hall–Kier alpha value is -1.42. The van der Waals surface area contributed by atoms with Crippen molar-refractivity contribution in [2.75, 3.05) is 13.6 Å². The van der Waals surface area contributed by atoms with E-state index in [0.717, 1.165) is 35.8 Å². The van der Waals surface area contributed by atoms with Crippen molar-refractivity contribution in [2.45, 2.75) is 194 Å². The van der Waals surface area contributed by atoms with Crippen LogP contribution in [0.2, 0.25) is 0 Å². The van der Waals surface area contributed by atoms with E-state index in [2.05, 4.69) is 58.3 Å². The molecule has 1 heteroatoms. The zero-order chi connectivity index (χ0) is 38.1. The Labute approximate surface area is 306 Å². The Bertz CT molecular complexity index is 889. The van der Waals surface area contributed by atoms with E-state index in [1.54, 1.807) is 0 Å². The highest BCUT2D eigenvalue weighted by Crippen LogP contribution is 2.67. The van der Waals surface area contributed by atoms with Gasteiger partial charge in [0.15, 0.2) is 0 Å². The highest BCUT2D eigenvalue weighted by molar-refractivity contribution is 5.22. The summed E-state index contributed by atoms with van der Waals surface area (Å²) in [6.45, 7) is 44.0. The van der Waals surface area contributed by atoms with E-state index in [1.807, 2.05) is 89.2 Å². The first kappa shape index (κ1) is 51.0. The van der Waals surface area contributed by atoms with Gasteiger partial charge < -0.3 is 4.90 Å². The lowest BCUT2D eigenvalue weighted by Gasteiger charge is -2.63. The Morgan fingerprint density at radius 2 is 1.31 bits per heavy atom. The van der Waals surface area contributed by atoms with Crippen molar-refractivity contribution in [3.63, 3.8) is 0 Å². The SMILES string of the molecule is C#CC/C(C=C)=C/N(C)CC(=C)C1CCCC2C3CCC4CC[C@@](C)(CC)CCC4(C)C3CCC12C.CC.CC.CC.CC.CC.CC. The molecule has 4 aliphatic rings. The summed E-state index contributed by atoms with van der Waals surface area (Å²) >= 11 is 0. The predicted molar refractivity (Wildman–Crippen MR) is 224 cm³/mol. The van der Waals surface area contributed by atoms with Crippen molar-refractivity contribution in [1.82, 2.24) is 4.90 Å². The topological polar surface area (TPSA) is 3.24 Å². The fourth-order valence-electron chi connectivity index (χ4n) is 9.88. The van der Waals surface area contributed by atoms with E-state index in [-0.39, 0.29) is 0 Å². The smallest absolute Gasteiger partial charge is 0.0380 e.